The Morgan fingerprint density at radius 1 is 1.22 bits per heavy atom. The molecular weight excluding hydrogens is 350 g/mol. The lowest BCUT2D eigenvalue weighted by molar-refractivity contribution is -0.145. The molecule has 0 spiro atoms. The van der Waals surface area contributed by atoms with Crippen LogP contribution in [0.4, 0.5) is 5.82 Å². The number of rotatable bonds is 7. The van der Waals surface area contributed by atoms with Crippen LogP contribution < -0.4 is 17.0 Å². The van der Waals surface area contributed by atoms with Crippen LogP contribution in [0.25, 0.3) is 0 Å². The summed E-state index contributed by atoms with van der Waals surface area (Å²) < 4.78 is 6.14. The molecule has 0 radical (unpaired) electrons. The summed E-state index contributed by atoms with van der Waals surface area (Å²) in [6.07, 6.45) is 0.746. The number of Topliss-reactive ketones (excluding diaryl/α,β-unsaturated/α-hetero) is 1. The minimum absolute atomic E-state index is 0.000945. The summed E-state index contributed by atoms with van der Waals surface area (Å²) in [6.45, 7) is 3.25. The topological polar surface area (TPSA) is 124 Å². The second kappa shape index (κ2) is 8.48. The van der Waals surface area contributed by atoms with E-state index in [0.29, 0.717) is 0 Å². The number of nitrogens with two attached hydrogens (primary N) is 1. The zero-order valence-corrected chi connectivity index (χ0v) is 15.5. The second-order valence-corrected chi connectivity index (χ2v) is 6.38. The molecule has 8 nitrogen and oxygen atoms in total. The van der Waals surface area contributed by atoms with E-state index in [-0.39, 0.29) is 11.7 Å². The van der Waals surface area contributed by atoms with Crippen molar-refractivity contribution in [2.45, 2.75) is 26.2 Å². The van der Waals surface area contributed by atoms with Gasteiger partial charge >= 0.3 is 11.7 Å². The Labute approximate surface area is 156 Å². The number of hydrogen-bond acceptors (Lipinski definition) is 6. The fraction of sp³-hybridized carbons (Fsp3) is 0.368. The van der Waals surface area contributed by atoms with Crippen LogP contribution in [0.2, 0.25) is 0 Å². The predicted octanol–water partition coefficient (Wildman–Crippen LogP) is 1.21. The monoisotopic (exact) mass is 373 g/mol. The Bertz CT molecular complexity index is 946. The number of nitrogens with one attached hydrogen (secondary N) is 1. The van der Waals surface area contributed by atoms with Crippen LogP contribution in [0.1, 0.15) is 42.1 Å². The molecule has 0 aliphatic rings. The van der Waals surface area contributed by atoms with E-state index in [4.69, 9.17) is 10.5 Å². The van der Waals surface area contributed by atoms with Gasteiger partial charge in [0.1, 0.15) is 11.4 Å². The number of nitrogen functional groups attached to an aromatic ring is 1. The maximum atomic E-state index is 12.6. The van der Waals surface area contributed by atoms with Gasteiger partial charge in [-0.25, -0.2) is 4.79 Å². The van der Waals surface area contributed by atoms with Crippen molar-refractivity contribution < 1.29 is 14.3 Å². The lowest BCUT2D eigenvalue weighted by Gasteiger charge is -2.21. The van der Waals surface area contributed by atoms with Gasteiger partial charge in [-0.05, 0) is 11.5 Å². The van der Waals surface area contributed by atoms with Gasteiger partial charge in [0.05, 0.1) is 5.92 Å². The molecule has 2 rings (SSSR count). The standard InChI is InChI=1S/C19H23N3O5/c1-4-11(2)14(12-8-6-5-7-9-12)18(25)27-10-13(23)15-16(20)22(3)19(26)21-17(15)24/h5-9,11,14H,4,10,20H2,1-3H3,(H,21,24,26)/t11-,14+/m1/s1. The Morgan fingerprint density at radius 3 is 2.44 bits per heavy atom. The molecule has 27 heavy (non-hydrogen) atoms. The van der Waals surface area contributed by atoms with Crippen molar-refractivity contribution in [2.75, 3.05) is 12.3 Å². The summed E-state index contributed by atoms with van der Waals surface area (Å²) in [7, 11) is 1.32. The summed E-state index contributed by atoms with van der Waals surface area (Å²) in [5, 5.41) is 0. The molecule has 144 valence electrons. The van der Waals surface area contributed by atoms with E-state index in [1.54, 1.807) is 0 Å². The third-order valence-electron chi connectivity index (χ3n) is 4.62. The summed E-state index contributed by atoms with van der Waals surface area (Å²) >= 11 is 0. The minimum Gasteiger partial charge on any atom is -0.457 e. The smallest absolute Gasteiger partial charge is 0.329 e. The van der Waals surface area contributed by atoms with Gasteiger partial charge in [-0.1, -0.05) is 50.6 Å². The molecule has 1 aromatic carbocycles. The van der Waals surface area contributed by atoms with Crippen LogP contribution in [0.5, 0.6) is 0 Å². The van der Waals surface area contributed by atoms with Gasteiger partial charge in [0.15, 0.2) is 6.61 Å². The van der Waals surface area contributed by atoms with Gasteiger partial charge in [0, 0.05) is 7.05 Å². The molecular formula is C19H23N3O5. The first-order valence-electron chi connectivity index (χ1n) is 8.61. The molecule has 3 N–H and O–H groups in total. The van der Waals surface area contributed by atoms with E-state index in [2.05, 4.69) is 0 Å². The van der Waals surface area contributed by atoms with Crippen molar-refractivity contribution in [1.82, 2.24) is 9.55 Å². The molecule has 8 heteroatoms. The molecule has 0 bridgehead atoms. The highest BCUT2D eigenvalue weighted by molar-refractivity contribution is 6.01. The number of anilines is 1. The van der Waals surface area contributed by atoms with E-state index in [1.807, 2.05) is 49.2 Å². The number of nitrogens with zero attached hydrogens (tertiary/aromatic N) is 1. The van der Waals surface area contributed by atoms with E-state index in [0.717, 1.165) is 16.6 Å². The third-order valence-corrected chi connectivity index (χ3v) is 4.62. The molecule has 0 saturated carbocycles. The molecule has 2 aromatic rings. The Morgan fingerprint density at radius 2 is 1.85 bits per heavy atom. The number of aromatic nitrogens is 2. The summed E-state index contributed by atoms with van der Waals surface area (Å²) in [5.74, 6) is -2.12. The second-order valence-electron chi connectivity index (χ2n) is 6.38. The SMILES string of the molecule is CC[C@@H](C)[C@H](C(=O)OCC(=O)c1c(N)n(C)c(=O)[nH]c1=O)c1ccccc1. The van der Waals surface area contributed by atoms with Crippen molar-refractivity contribution in [1.29, 1.82) is 0 Å². The number of carbonyl (C=O) groups excluding carboxylic acids is 2. The quantitative estimate of drug-likeness (QED) is 0.555. The average Bonchev–Trinajstić information content (AvgIpc) is 2.65. The van der Waals surface area contributed by atoms with Crippen LogP contribution in [-0.2, 0) is 16.6 Å². The largest absolute Gasteiger partial charge is 0.457 e. The molecule has 0 saturated heterocycles. The van der Waals surface area contributed by atoms with Crippen molar-refractivity contribution >= 4 is 17.6 Å². The molecule has 1 heterocycles. The van der Waals surface area contributed by atoms with Crippen LogP contribution in [0.15, 0.2) is 39.9 Å². The number of hydrogen-bond donors (Lipinski definition) is 2. The number of carbonyl (C=O) groups is 2. The van der Waals surface area contributed by atoms with Crippen LogP contribution in [0.3, 0.4) is 0 Å². The van der Waals surface area contributed by atoms with Crippen molar-refractivity contribution in [3.8, 4) is 0 Å². The van der Waals surface area contributed by atoms with Gasteiger partial charge in [-0.15, -0.1) is 0 Å². The van der Waals surface area contributed by atoms with Gasteiger partial charge in [-0.3, -0.25) is 23.9 Å². The van der Waals surface area contributed by atoms with Crippen molar-refractivity contribution in [2.24, 2.45) is 13.0 Å². The van der Waals surface area contributed by atoms with Crippen molar-refractivity contribution in [3.63, 3.8) is 0 Å². The minimum atomic E-state index is -0.904. The van der Waals surface area contributed by atoms with Crippen LogP contribution >= 0.6 is 0 Å². The maximum absolute atomic E-state index is 12.6. The third kappa shape index (κ3) is 4.33. The molecule has 0 amide bonds. The molecule has 2 atom stereocenters. The fourth-order valence-corrected chi connectivity index (χ4v) is 2.80. The zero-order valence-electron chi connectivity index (χ0n) is 15.5. The number of ether oxygens (including phenoxy) is 1. The van der Waals surface area contributed by atoms with E-state index >= 15 is 0 Å². The molecule has 0 aliphatic carbocycles. The number of benzene rings is 1. The summed E-state index contributed by atoms with van der Waals surface area (Å²) in [6, 6.07) is 9.16. The lowest BCUT2D eigenvalue weighted by atomic mass is 9.85. The van der Waals surface area contributed by atoms with Gasteiger partial charge in [-0.2, -0.15) is 0 Å². The Kier molecular flexibility index (Phi) is 6.33. The predicted molar refractivity (Wildman–Crippen MR) is 101 cm³/mol. The maximum Gasteiger partial charge on any atom is 0.329 e. The highest BCUT2D eigenvalue weighted by Gasteiger charge is 2.28. The molecule has 0 fully saturated rings. The first-order chi connectivity index (χ1) is 12.8. The first kappa shape index (κ1) is 20.2. The van der Waals surface area contributed by atoms with Crippen LogP contribution in [0, 0.1) is 5.92 Å². The van der Waals surface area contributed by atoms with Gasteiger partial charge in [0.25, 0.3) is 5.56 Å². The Hall–Kier alpha value is -3.16. The average molecular weight is 373 g/mol. The fourth-order valence-electron chi connectivity index (χ4n) is 2.80. The Balaban J connectivity index is 2.21. The van der Waals surface area contributed by atoms with Gasteiger partial charge in [0.2, 0.25) is 5.78 Å². The highest BCUT2D eigenvalue weighted by atomic mass is 16.5. The lowest BCUT2D eigenvalue weighted by Crippen LogP contribution is -2.36. The van der Waals surface area contributed by atoms with E-state index in [9.17, 15) is 19.2 Å². The number of aromatic amines is 1. The van der Waals surface area contributed by atoms with E-state index < -0.39 is 41.1 Å². The molecule has 0 aliphatic heterocycles. The number of esters is 1. The van der Waals surface area contributed by atoms with Crippen molar-refractivity contribution in [3.05, 3.63) is 62.3 Å². The van der Waals surface area contributed by atoms with Gasteiger partial charge < -0.3 is 10.5 Å². The molecule has 0 unspecified atom stereocenters. The zero-order chi connectivity index (χ0) is 20.1. The normalized spacial score (nSPS) is 13.0. The summed E-state index contributed by atoms with van der Waals surface area (Å²) in [4.78, 5) is 50.4. The first-order valence-corrected chi connectivity index (χ1v) is 8.61. The molecule has 1 aromatic heterocycles. The highest BCUT2D eigenvalue weighted by Crippen LogP contribution is 2.28. The number of H-pyrrole nitrogens is 1. The number of ketones is 1. The van der Waals surface area contributed by atoms with Crippen LogP contribution in [-0.4, -0.2) is 27.9 Å². The summed E-state index contributed by atoms with van der Waals surface area (Å²) in [5.41, 5.74) is 4.46. The van der Waals surface area contributed by atoms with E-state index in [1.165, 1.54) is 7.05 Å².